The predicted octanol–water partition coefficient (Wildman–Crippen LogP) is 3.04. The predicted molar refractivity (Wildman–Crippen MR) is 77.3 cm³/mol. The minimum atomic E-state index is -2.39. The van der Waals surface area contributed by atoms with Crippen LogP contribution in [0.2, 0.25) is 0 Å². The number of rotatable bonds is 2. The van der Waals surface area contributed by atoms with Crippen LogP contribution in [0.5, 0.6) is 0 Å². The fourth-order valence-corrected chi connectivity index (χ4v) is 6.28. The summed E-state index contributed by atoms with van der Waals surface area (Å²) in [5.74, 6) is -0.105. The smallest absolute Gasteiger partial charge is 0.302 e. The Morgan fingerprint density at radius 3 is 2.47 bits per heavy atom. The molecule has 0 aromatic heterocycles. The van der Waals surface area contributed by atoms with E-state index in [2.05, 4.69) is 0 Å². The highest BCUT2D eigenvalue weighted by Crippen LogP contribution is 2.56. The van der Waals surface area contributed by atoms with Gasteiger partial charge in [0.1, 0.15) is 13.2 Å². The van der Waals surface area contributed by atoms with Crippen molar-refractivity contribution < 1.29 is 14.1 Å². The van der Waals surface area contributed by atoms with E-state index >= 15 is 0 Å². The van der Waals surface area contributed by atoms with E-state index < -0.39 is 7.14 Å². The van der Waals surface area contributed by atoms with Crippen LogP contribution in [0, 0.1) is 5.92 Å². The van der Waals surface area contributed by atoms with Gasteiger partial charge in [-0.2, -0.15) is 0 Å². The van der Waals surface area contributed by atoms with E-state index in [1.54, 1.807) is 0 Å². The first-order valence-corrected chi connectivity index (χ1v) is 8.71. The molecule has 0 spiro atoms. The van der Waals surface area contributed by atoms with Crippen molar-refractivity contribution in [3.63, 3.8) is 0 Å². The average molecular weight is 280 g/mol. The minimum Gasteiger partial charge on any atom is -0.462 e. The van der Waals surface area contributed by atoms with Crippen LogP contribution in [0.15, 0.2) is 30.3 Å². The van der Waals surface area contributed by atoms with Gasteiger partial charge >= 0.3 is 5.97 Å². The molecule has 0 N–H and O–H groups in total. The molecule has 1 aliphatic rings. The lowest BCUT2D eigenvalue weighted by molar-refractivity contribution is -0.149. The van der Waals surface area contributed by atoms with Crippen LogP contribution in [0.4, 0.5) is 0 Å². The summed E-state index contributed by atoms with van der Waals surface area (Å²) >= 11 is 0. The molecule has 4 heteroatoms. The average Bonchev–Trinajstić information content (AvgIpc) is 2.36. The maximum absolute atomic E-state index is 13.3. The highest BCUT2D eigenvalue weighted by atomic mass is 31.2. The zero-order valence-corrected chi connectivity index (χ0v) is 12.6. The molecule has 2 rings (SSSR count). The van der Waals surface area contributed by atoms with Crippen molar-refractivity contribution in [2.75, 3.05) is 6.16 Å². The highest BCUT2D eigenvalue weighted by Gasteiger charge is 2.42. The topological polar surface area (TPSA) is 43.4 Å². The first-order chi connectivity index (χ1) is 8.93. The molecule has 1 fully saturated rings. The molecular formula is C15H21O3P. The van der Waals surface area contributed by atoms with Gasteiger partial charge in [-0.15, -0.1) is 0 Å². The summed E-state index contributed by atoms with van der Waals surface area (Å²) in [5.41, 5.74) is 0.0652. The molecule has 0 radical (unpaired) electrons. The van der Waals surface area contributed by atoms with Crippen LogP contribution in [0.25, 0.3) is 0 Å². The number of benzene rings is 1. The van der Waals surface area contributed by atoms with Gasteiger partial charge in [0, 0.05) is 30.0 Å². The second-order valence-electron chi connectivity index (χ2n) is 5.52. The summed E-state index contributed by atoms with van der Waals surface area (Å²) in [4.78, 5) is 11.1. The molecule has 0 amide bonds. The van der Waals surface area contributed by atoms with Crippen LogP contribution >= 0.6 is 7.14 Å². The number of ether oxygens (including phenoxy) is 1. The molecule has 3 nitrogen and oxygen atoms in total. The van der Waals surface area contributed by atoms with Gasteiger partial charge in [-0.05, 0) is 6.42 Å². The Kier molecular flexibility index (Phi) is 4.15. The number of hydrogen-bond donors (Lipinski definition) is 0. The van der Waals surface area contributed by atoms with E-state index in [4.69, 9.17) is 4.74 Å². The summed E-state index contributed by atoms with van der Waals surface area (Å²) in [6, 6.07) is 9.72. The summed E-state index contributed by atoms with van der Waals surface area (Å²) in [7, 11) is -2.39. The molecule has 1 aliphatic heterocycles. The van der Waals surface area contributed by atoms with E-state index in [1.165, 1.54) is 6.92 Å². The van der Waals surface area contributed by atoms with Crippen LogP contribution in [0.3, 0.4) is 0 Å². The molecule has 0 unspecified atom stereocenters. The lowest BCUT2D eigenvalue weighted by Gasteiger charge is -2.38. The molecule has 1 aromatic rings. The van der Waals surface area contributed by atoms with E-state index in [0.29, 0.717) is 12.6 Å². The van der Waals surface area contributed by atoms with Crippen molar-refractivity contribution in [1.29, 1.82) is 0 Å². The van der Waals surface area contributed by atoms with Crippen molar-refractivity contribution in [3.8, 4) is 0 Å². The quantitative estimate of drug-likeness (QED) is 0.618. The monoisotopic (exact) mass is 280 g/mol. The number of esters is 1. The van der Waals surface area contributed by atoms with Crippen molar-refractivity contribution in [2.24, 2.45) is 5.92 Å². The largest absolute Gasteiger partial charge is 0.462 e. The fourth-order valence-electron chi connectivity index (χ4n) is 2.88. The molecule has 4 atom stereocenters. The molecule has 104 valence electrons. The Bertz CT molecular complexity index is 497. The third-order valence-electron chi connectivity index (χ3n) is 3.99. The van der Waals surface area contributed by atoms with Gasteiger partial charge in [0.25, 0.3) is 0 Å². The number of hydrogen-bond acceptors (Lipinski definition) is 3. The molecule has 1 aromatic carbocycles. The van der Waals surface area contributed by atoms with E-state index in [0.717, 1.165) is 5.30 Å². The lowest BCUT2D eigenvalue weighted by atomic mass is 10.0. The Morgan fingerprint density at radius 2 is 1.89 bits per heavy atom. The van der Waals surface area contributed by atoms with Crippen molar-refractivity contribution in [1.82, 2.24) is 0 Å². The van der Waals surface area contributed by atoms with Crippen molar-refractivity contribution >= 4 is 18.4 Å². The van der Waals surface area contributed by atoms with Crippen molar-refractivity contribution in [3.05, 3.63) is 30.3 Å². The zero-order valence-electron chi connectivity index (χ0n) is 11.7. The van der Waals surface area contributed by atoms with Gasteiger partial charge in [0.2, 0.25) is 0 Å². The van der Waals surface area contributed by atoms with Crippen LogP contribution in [0.1, 0.15) is 27.2 Å². The molecule has 0 bridgehead atoms. The van der Waals surface area contributed by atoms with Gasteiger partial charge in [-0.25, -0.2) is 0 Å². The summed E-state index contributed by atoms with van der Waals surface area (Å²) in [6.45, 7) is 5.47. The SMILES string of the molecule is CC(=O)O[C@@H]1C[C@@H](C)[P@](=O)(c2ccccc2)C[C@@H]1C. The van der Waals surface area contributed by atoms with Gasteiger partial charge in [0.05, 0.1) is 0 Å². The van der Waals surface area contributed by atoms with Gasteiger partial charge in [-0.1, -0.05) is 44.2 Å². The first-order valence-electron chi connectivity index (χ1n) is 6.75. The van der Waals surface area contributed by atoms with E-state index in [-0.39, 0.29) is 23.7 Å². The summed E-state index contributed by atoms with van der Waals surface area (Å²) in [5, 5.41) is 0.954. The maximum atomic E-state index is 13.3. The Balaban J connectivity index is 2.23. The van der Waals surface area contributed by atoms with Gasteiger partial charge in [-0.3, -0.25) is 4.79 Å². The van der Waals surface area contributed by atoms with Gasteiger partial charge < -0.3 is 9.30 Å². The third-order valence-corrected chi connectivity index (χ3v) is 7.92. The normalized spacial score (nSPS) is 34.8. The standard InChI is InChI=1S/C15H21O3P/c1-11-10-19(17,14-7-5-4-6-8-14)12(2)9-15(11)18-13(3)16/h4-8,11-12,15H,9-10H2,1-3H3/t11-,12+,15+,19-/m0/s1. The highest BCUT2D eigenvalue weighted by molar-refractivity contribution is 7.72. The Morgan fingerprint density at radius 1 is 1.26 bits per heavy atom. The van der Waals surface area contributed by atoms with E-state index in [9.17, 15) is 9.36 Å². The second-order valence-corrected chi connectivity index (χ2v) is 8.88. The summed E-state index contributed by atoms with van der Waals surface area (Å²) in [6.07, 6.45) is 1.21. The number of carbonyl (C=O) groups is 1. The van der Waals surface area contributed by atoms with E-state index in [1.807, 2.05) is 44.2 Å². The first kappa shape index (κ1) is 14.3. The van der Waals surface area contributed by atoms with Crippen molar-refractivity contribution in [2.45, 2.75) is 39.0 Å². The Labute approximate surface area is 114 Å². The van der Waals surface area contributed by atoms with Crippen LogP contribution in [-0.2, 0) is 14.1 Å². The molecule has 0 saturated carbocycles. The van der Waals surface area contributed by atoms with Crippen LogP contribution < -0.4 is 5.30 Å². The fraction of sp³-hybridized carbons (Fsp3) is 0.533. The Hall–Kier alpha value is -1.08. The molecule has 19 heavy (non-hydrogen) atoms. The maximum Gasteiger partial charge on any atom is 0.302 e. The third kappa shape index (κ3) is 2.92. The summed E-state index contributed by atoms with van der Waals surface area (Å²) < 4.78 is 18.6. The lowest BCUT2D eigenvalue weighted by Crippen LogP contribution is -2.38. The molecule has 1 saturated heterocycles. The number of carbonyl (C=O) groups excluding carboxylic acids is 1. The van der Waals surface area contributed by atoms with Crippen LogP contribution in [-0.4, -0.2) is 23.9 Å². The molecular weight excluding hydrogens is 259 g/mol. The zero-order chi connectivity index (χ0) is 14.0. The second kappa shape index (κ2) is 5.50. The molecule has 1 heterocycles. The molecule has 0 aliphatic carbocycles. The minimum absolute atomic E-state index is 0.0652. The van der Waals surface area contributed by atoms with Gasteiger partial charge in [0.15, 0.2) is 0 Å².